The fourth-order valence-corrected chi connectivity index (χ4v) is 1.74. The minimum atomic E-state index is 0.878. The lowest BCUT2D eigenvalue weighted by atomic mass is 10.3. The zero-order valence-electron chi connectivity index (χ0n) is 8.51. The van der Waals surface area contributed by atoms with Crippen LogP contribution >= 0.6 is 11.8 Å². The number of aryl methyl sites for hydroxylation is 1. The number of nitrogens with one attached hydrogen (secondary N) is 1. The minimum Gasteiger partial charge on any atom is -0.373 e. The molecule has 0 saturated carbocycles. The molecular formula is C9H15N3S. The Hall–Kier alpha value is -0.770. The monoisotopic (exact) mass is 197 g/mol. The molecule has 0 aromatic carbocycles. The second-order valence-electron chi connectivity index (χ2n) is 2.73. The third kappa shape index (κ3) is 2.12. The molecular weight excluding hydrogens is 182 g/mol. The maximum Gasteiger partial charge on any atom is 0.133 e. The summed E-state index contributed by atoms with van der Waals surface area (Å²) in [6.45, 7) is 4.10. The highest BCUT2D eigenvalue weighted by molar-refractivity contribution is 7.98. The molecule has 0 aliphatic carbocycles. The molecule has 0 aliphatic rings. The first-order valence-corrected chi connectivity index (χ1v) is 5.54. The molecule has 0 unspecified atom stereocenters. The lowest BCUT2D eigenvalue weighted by Gasteiger charge is -2.09. The van der Waals surface area contributed by atoms with Crippen molar-refractivity contribution in [3.8, 4) is 0 Å². The van der Waals surface area contributed by atoms with Gasteiger partial charge in [-0.1, -0.05) is 6.92 Å². The quantitative estimate of drug-likeness (QED) is 0.595. The smallest absolute Gasteiger partial charge is 0.133 e. The fourth-order valence-electron chi connectivity index (χ4n) is 1.14. The largest absolute Gasteiger partial charge is 0.373 e. The molecule has 13 heavy (non-hydrogen) atoms. The van der Waals surface area contributed by atoms with Gasteiger partial charge in [0.2, 0.25) is 0 Å². The van der Waals surface area contributed by atoms with Crippen LogP contribution < -0.4 is 5.32 Å². The van der Waals surface area contributed by atoms with Crippen LogP contribution in [-0.4, -0.2) is 23.3 Å². The van der Waals surface area contributed by atoms with Crippen molar-refractivity contribution in [3.05, 3.63) is 11.4 Å². The predicted molar refractivity (Wildman–Crippen MR) is 57.5 cm³/mol. The summed E-state index contributed by atoms with van der Waals surface area (Å²) < 4.78 is 0. The lowest BCUT2D eigenvalue weighted by Crippen LogP contribution is -2.03. The Bertz CT molecular complexity index is 274. The SMILES string of the molecule is CCc1nc(NC)c(C)c(SC)n1. The van der Waals surface area contributed by atoms with Crippen molar-refractivity contribution in [2.75, 3.05) is 18.6 Å². The zero-order chi connectivity index (χ0) is 9.84. The van der Waals surface area contributed by atoms with Crippen LogP contribution in [0.4, 0.5) is 5.82 Å². The number of nitrogens with zero attached hydrogens (tertiary/aromatic N) is 2. The molecule has 0 atom stereocenters. The molecule has 0 radical (unpaired) electrons. The van der Waals surface area contributed by atoms with Crippen molar-refractivity contribution in [2.45, 2.75) is 25.3 Å². The van der Waals surface area contributed by atoms with Crippen LogP contribution in [0.1, 0.15) is 18.3 Å². The number of anilines is 1. The Kier molecular flexibility index (Phi) is 3.54. The molecule has 1 aromatic heterocycles. The molecule has 0 bridgehead atoms. The first-order valence-electron chi connectivity index (χ1n) is 4.32. The van der Waals surface area contributed by atoms with Crippen molar-refractivity contribution >= 4 is 17.6 Å². The average molecular weight is 197 g/mol. The molecule has 72 valence electrons. The Morgan fingerprint density at radius 2 is 2.08 bits per heavy atom. The summed E-state index contributed by atoms with van der Waals surface area (Å²) in [4.78, 5) is 8.81. The van der Waals surface area contributed by atoms with E-state index in [9.17, 15) is 0 Å². The lowest BCUT2D eigenvalue weighted by molar-refractivity contribution is 0.875. The predicted octanol–water partition coefficient (Wildman–Crippen LogP) is 2.11. The third-order valence-electron chi connectivity index (χ3n) is 1.89. The van der Waals surface area contributed by atoms with Gasteiger partial charge in [-0.2, -0.15) is 0 Å². The van der Waals surface area contributed by atoms with Gasteiger partial charge in [-0.15, -0.1) is 11.8 Å². The van der Waals surface area contributed by atoms with Gasteiger partial charge < -0.3 is 5.32 Å². The molecule has 1 heterocycles. The molecule has 0 saturated heterocycles. The van der Waals surface area contributed by atoms with E-state index >= 15 is 0 Å². The molecule has 0 fully saturated rings. The van der Waals surface area contributed by atoms with Gasteiger partial charge in [0.15, 0.2) is 0 Å². The number of aromatic nitrogens is 2. The minimum absolute atomic E-state index is 0.878. The second-order valence-corrected chi connectivity index (χ2v) is 3.52. The van der Waals surface area contributed by atoms with E-state index in [0.717, 1.165) is 28.7 Å². The van der Waals surface area contributed by atoms with Crippen LogP contribution in [0.5, 0.6) is 0 Å². The summed E-state index contributed by atoms with van der Waals surface area (Å²) in [5.41, 5.74) is 1.13. The molecule has 1 N–H and O–H groups in total. The Morgan fingerprint density at radius 3 is 2.54 bits per heavy atom. The fraction of sp³-hybridized carbons (Fsp3) is 0.556. The van der Waals surface area contributed by atoms with E-state index in [1.807, 2.05) is 20.2 Å². The Labute approximate surface area is 83.4 Å². The first kappa shape index (κ1) is 10.3. The van der Waals surface area contributed by atoms with E-state index in [0.29, 0.717) is 0 Å². The summed E-state index contributed by atoms with van der Waals surface area (Å²) >= 11 is 1.66. The average Bonchev–Trinajstić information content (AvgIpc) is 2.18. The van der Waals surface area contributed by atoms with E-state index in [4.69, 9.17) is 0 Å². The maximum atomic E-state index is 4.43. The third-order valence-corrected chi connectivity index (χ3v) is 2.68. The van der Waals surface area contributed by atoms with Crippen LogP contribution in [0.3, 0.4) is 0 Å². The van der Waals surface area contributed by atoms with Gasteiger partial charge in [-0.05, 0) is 13.2 Å². The zero-order valence-corrected chi connectivity index (χ0v) is 9.33. The molecule has 0 amide bonds. The molecule has 1 rings (SSSR count). The van der Waals surface area contributed by atoms with Crippen LogP contribution in [0.2, 0.25) is 0 Å². The van der Waals surface area contributed by atoms with Crippen molar-refractivity contribution in [1.29, 1.82) is 0 Å². The van der Waals surface area contributed by atoms with Gasteiger partial charge in [0.05, 0.1) is 0 Å². The number of hydrogen-bond donors (Lipinski definition) is 1. The summed E-state index contributed by atoms with van der Waals surface area (Å²) in [5.74, 6) is 1.84. The molecule has 0 aliphatic heterocycles. The summed E-state index contributed by atoms with van der Waals surface area (Å²) in [6.07, 6.45) is 2.91. The summed E-state index contributed by atoms with van der Waals surface area (Å²) in [7, 11) is 1.89. The molecule has 0 spiro atoms. The maximum absolute atomic E-state index is 4.43. The molecule has 4 heteroatoms. The molecule has 3 nitrogen and oxygen atoms in total. The van der Waals surface area contributed by atoms with E-state index in [2.05, 4.69) is 22.2 Å². The highest BCUT2D eigenvalue weighted by Crippen LogP contribution is 2.22. The summed E-state index contributed by atoms with van der Waals surface area (Å²) in [6, 6.07) is 0. The Balaban J connectivity index is 3.20. The van der Waals surface area contributed by atoms with Gasteiger partial charge >= 0.3 is 0 Å². The highest BCUT2D eigenvalue weighted by atomic mass is 32.2. The van der Waals surface area contributed by atoms with E-state index in [1.54, 1.807) is 11.8 Å². The van der Waals surface area contributed by atoms with Crippen LogP contribution in [-0.2, 0) is 6.42 Å². The second kappa shape index (κ2) is 4.46. The van der Waals surface area contributed by atoms with E-state index < -0.39 is 0 Å². The van der Waals surface area contributed by atoms with Gasteiger partial charge in [-0.25, -0.2) is 9.97 Å². The number of hydrogen-bond acceptors (Lipinski definition) is 4. The van der Waals surface area contributed by atoms with Gasteiger partial charge in [0, 0.05) is 19.0 Å². The van der Waals surface area contributed by atoms with Gasteiger partial charge in [-0.3, -0.25) is 0 Å². The normalized spacial score (nSPS) is 10.2. The van der Waals surface area contributed by atoms with Crippen molar-refractivity contribution < 1.29 is 0 Å². The van der Waals surface area contributed by atoms with Gasteiger partial charge in [0.1, 0.15) is 16.7 Å². The van der Waals surface area contributed by atoms with Crippen LogP contribution in [0, 0.1) is 6.92 Å². The van der Waals surface area contributed by atoms with Crippen LogP contribution in [0.25, 0.3) is 0 Å². The van der Waals surface area contributed by atoms with Crippen LogP contribution in [0.15, 0.2) is 5.03 Å². The first-order chi connectivity index (χ1) is 6.22. The number of rotatable bonds is 3. The van der Waals surface area contributed by atoms with Crippen molar-refractivity contribution in [2.24, 2.45) is 0 Å². The Morgan fingerprint density at radius 1 is 1.38 bits per heavy atom. The van der Waals surface area contributed by atoms with E-state index in [-0.39, 0.29) is 0 Å². The summed E-state index contributed by atoms with van der Waals surface area (Å²) in [5, 5.41) is 4.15. The van der Waals surface area contributed by atoms with Crippen molar-refractivity contribution in [3.63, 3.8) is 0 Å². The topological polar surface area (TPSA) is 37.8 Å². The standard InChI is InChI=1S/C9H15N3S/c1-5-7-11-8(10-3)6(2)9(12-7)13-4/h5H2,1-4H3,(H,10,11,12). The van der Waals surface area contributed by atoms with Gasteiger partial charge in [0.25, 0.3) is 0 Å². The van der Waals surface area contributed by atoms with E-state index in [1.165, 1.54) is 0 Å². The number of thioether (sulfide) groups is 1. The van der Waals surface area contributed by atoms with Crippen molar-refractivity contribution in [1.82, 2.24) is 9.97 Å². The molecule has 1 aromatic rings. The highest BCUT2D eigenvalue weighted by Gasteiger charge is 2.07.